The number of nitrogens with one attached hydrogen (secondary N) is 5. The molecule has 0 saturated heterocycles. The normalized spacial score (nSPS) is 17.2. The molecule has 388 valence electrons. The molecule has 2 fully saturated rings. The summed E-state index contributed by atoms with van der Waals surface area (Å²) in [4.78, 5) is 37.2. The first-order valence-corrected chi connectivity index (χ1v) is 22.7. The van der Waals surface area contributed by atoms with Crippen molar-refractivity contribution in [3.63, 3.8) is 0 Å². The maximum atomic E-state index is 12.6. The van der Waals surface area contributed by atoms with Crippen molar-refractivity contribution in [1.29, 1.82) is 10.5 Å². The fourth-order valence-electron chi connectivity index (χ4n) is 7.15. The lowest BCUT2D eigenvalue weighted by Gasteiger charge is -2.29. The van der Waals surface area contributed by atoms with Crippen LogP contribution >= 0.6 is 15.9 Å². The van der Waals surface area contributed by atoms with Crippen molar-refractivity contribution in [1.82, 2.24) is 25.3 Å². The number of ether oxygens (including phenoxy) is 2. The van der Waals surface area contributed by atoms with E-state index in [0.717, 1.165) is 51.4 Å². The molecule has 2 amide bonds. The van der Waals surface area contributed by atoms with Crippen LogP contribution in [0.2, 0.25) is 0 Å². The number of hydrogen-bond donors (Lipinski definition) is 8. The number of amides is 2. The molecular formula is C46H61BrF6N14O4. The molecular weight excluding hydrogens is 1010 g/mol. The van der Waals surface area contributed by atoms with Gasteiger partial charge in [0.05, 0.1) is 24.3 Å². The van der Waals surface area contributed by atoms with Gasteiger partial charge in [-0.25, -0.2) is 9.97 Å². The van der Waals surface area contributed by atoms with Gasteiger partial charge in [0.15, 0.2) is 0 Å². The van der Waals surface area contributed by atoms with Gasteiger partial charge in [-0.2, -0.15) is 20.5 Å². The molecule has 71 heavy (non-hydrogen) atoms. The third-order valence-electron chi connectivity index (χ3n) is 10.6. The fourth-order valence-corrected chi connectivity index (χ4v) is 7.15. The molecule has 0 radical (unpaired) electrons. The number of aromatic nitrogens is 4. The number of nitriles is 2. The van der Waals surface area contributed by atoms with Crippen molar-refractivity contribution >= 4 is 51.3 Å². The van der Waals surface area contributed by atoms with Crippen LogP contribution in [0, 0.1) is 34.5 Å². The lowest BCUT2D eigenvalue weighted by atomic mass is 9.86. The van der Waals surface area contributed by atoms with Crippen molar-refractivity contribution < 1.29 is 45.4 Å². The minimum absolute atomic E-state index is 0. The van der Waals surface area contributed by atoms with E-state index in [1.165, 1.54) is 48.8 Å². The summed E-state index contributed by atoms with van der Waals surface area (Å²) in [5.41, 5.74) is 16.9. The van der Waals surface area contributed by atoms with Crippen molar-refractivity contribution in [2.75, 3.05) is 46.2 Å². The molecule has 0 atom stereocenters. The van der Waals surface area contributed by atoms with E-state index in [1.54, 1.807) is 12.1 Å². The Kier molecular flexibility index (Phi) is 25.6. The number of nitrogens with two attached hydrogens (primary N) is 3. The number of primary amides is 2. The first kappa shape index (κ1) is 60.4. The van der Waals surface area contributed by atoms with E-state index in [2.05, 4.69) is 77.7 Å². The van der Waals surface area contributed by atoms with Gasteiger partial charge in [-0.05, 0) is 75.3 Å². The van der Waals surface area contributed by atoms with Crippen LogP contribution in [0.25, 0.3) is 0 Å². The van der Waals surface area contributed by atoms with Gasteiger partial charge in [0.1, 0.15) is 46.4 Å². The average molecular weight is 1070 g/mol. The third-order valence-corrected chi connectivity index (χ3v) is 11.2. The van der Waals surface area contributed by atoms with E-state index in [0.29, 0.717) is 47.7 Å². The van der Waals surface area contributed by atoms with Gasteiger partial charge in [-0.15, -0.1) is 26.3 Å². The second-order valence-electron chi connectivity index (χ2n) is 15.9. The Morgan fingerprint density at radius 2 is 1.06 bits per heavy atom. The van der Waals surface area contributed by atoms with Crippen LogP contribution in [-0.4, -0.2) is 81.5 Å². The zero-order valence-corrected chi connectivity index (χ0v) is 38.8. The molecule has 2 aliphatic rings. The van der Waals surface area contributed by atoms with E-state index in [4.69, 9.17) is 11.5 Å². The molecule has 0 unspecified atom stereocenters. The van der Waals surface area contributed by atoms with Crippen molar-refractivity contribution in [3.8, 4) is 23.6 Å². The Labute approximate surface area is 417 Å². The molecule has 6 rings (SSSR count). The van der Waals surface area contributed by atoms with Gasteiger partial charge in [0, 0.05) is 49.4 Å². The summed E-state index contributed by atoms with van der Waals surface area (Å²) in [5, 5.41) is 34.3. The number of para-hydroxylation sites is 2. The Bertz CT molecular complexity index is 2350. The maximum Gasteiger partial charge on any atom is 0.573 e. The summed E-state index contributed by atoms with van der Waals surface area (Å²) in [6.07, 6.45) is 0.880. The number of anilines is 4. The minimum atomic E-state index is -4.80. The number of halogens is 7. The quantitative estimate of drug-likeness (QED) is 0.0348. The van der Waals surface area contributed by atoms with Gasteiger partial charge < -0.3 is 53.3 Å². The Hall–Kier alpha value is -6.70. The smallest absolute Gasteiger partial charge is 0.405 e. The molecule has 4 aromatic rings. The van der Waals surface area contributed by atoms with E-state index >= 15 is 0 Å². The highest BCUT2D eigenvalue weighted by Gasteiger charge is 2.33. The summed E-state index contributed by atoms with van der Waals surface area (Å²) < 4.78 is 83.7. The SMILES string of the molecule is C.C.N#Cc1cnc(NCc2ccccc2OC(F)(F)F)nc1NCC1CCC(N)CC1.N#Cc1cnc(NCc2ccccc2OC(F)(F)F)nc1NCC1CCC(NCC(N)=O)CC1.NC(=O)CBr. The molecule has 2 heterocycles. The highest BCUT2D eigenvalue weighted by molar-refractivity contribution is 9.09. The average Bonchev–Trinajstić information content (AvgIpc) is 3.31. The van der Waals surface area contributed by atoms with E-state index < -0.39 is 12.7 Å². The van der Waals surface area contributed by atoms with Crippen LogP contribution < -0.4 is 53.3 Å². The standard InChI is InChI=1S/C22H26F3N7O2.C20H23F3N6O.C2H4BrNO.2CH4/c23-22(24,25)34-18-4-2-1-3-15(18)11-30-21-31-12-16(9-26)20(32-21)29-10-14-5-7-17(8-6-14)28-13-19(27)33;21-20(22,23)30-17-4-2-1-3-14(17)11-27-19-28-12-15(9-24)18(29-19)26-10-13-5-7-16(25)8-6-13;3-1-2(4)5;;/h1-4,12,14,17,28H,5-8,10-11,13H2,(H2,27,33)(H2,29,30,31,32);1-4,12-13,16H,5-8,10-11,25H2,(H2,26,27,28,29);1H2,(H2,4,5);2*1H4. The second kappa shape index (κ2) is 30.1. The molecule has 0 aliphatic heterocycles. The van der Waals surface area contributed by atoms with Gasteiger partial charge in [-0.1, -0.05) is 67.2 Å². The number of benzene rings is 2. The first-order chi connectivity index (χ1) is 32.8. The van der Waals surface area contributed by atoms with Crippen LogP contribution in [0.15, 0.2) is 60.9 Å². The highest BCUT2D eigenvalue weighted by atomic mass is 79.9. The summed E-state index contributed by atoms with van der Waals surface area (Å²) >= 11 is 2.84. The van der Waals surface area contributed by atoms with Gasteiger partial charge >= 0.3 is 12.7 Å². The van der Waals surface area contributed by atoms with Gasteiger partial charge in [-0.3, -0.25) is 9.59 Å². The predicted molar refractivity (Wildman–Crippen MR) is 261 cm³/mol. The Morgan fingerprint density at radius 1 is 0.662 bits per heavy atom. The van der Waals surface area contributed by atoms with Crippen molar-refractivity contribution in [2.24, 2.45) is 29.0 Å². The van der Waals surface area contributed by atoms with Crippen LogP contribution in [0.4, 0.5) is 49.9 Å². The molecule has 25 heteroatoms. The van der Waals surface area contributed by atoms with Crippen LogP contribution in [0.1, 0.15) is 88.5 Å². The third kappa shape index (κ3) is 22.7. The number of hydrogen-bond acceptors (Lipinski definition) is 16. The van der Waals surface area contributed by atoms with E-state index in [-0.39, 0.29) is 98.2 Å². The number of carbonyl (C=O) groups excluding carboxylic acids is 2. The molecule has 0 spiro atoms. The van der Waals surface area contributed by atoms with E-state index in [1.807, 2.05) is 12.1 Å². The lowest BCUT2D eigenvalue weighted by molar-refractivity contribution is -0.275. The largest absolute Gasteiger partial charge is 0.573 e. The van der Waals surface area contributed by atoms with Crippen LogP contribution in [0.3, 0.4) is 0 Å². The number of nitrogens with zero attached hydrogens (tertiary/aromatic N) is 6. The number of carbonyl (C=O) groups is 2. The summed E-state index contributed by atoms with van der Waals surface area (Å²) in [5.74, 6) is 0.632. The van der Waals surface area contributed by atoms with Gasteiger partial charge in [0.2, 0.25) is 23.7 Å². The molecule has 2 aromatic carbocycles. The molecule has 0 bridgehead atoms. The summed E-state index contributed by atoms with van der Waals surface area (Å²) in [6.45, 7) is 1.47. The number of alkyl halides is 7. The zero-order valence-electron chi connectivity index (χ0n) is 37.2. The Morgan fingerprint density at radius 3 is 1.42 bits per heavy atom. The second-order valence-corrected chi connectivity index (χ2v) is 16.4. The molecule has 11 N–H and O–H groups in total. The molecule has 2 saturated carbocycles. The highest BCUT2D eigenvalue weighted by Crippen LogP contribution is 2.30. The van der Waals surface area contributed by atoms with E-state index in [9.17, 15) is 46.5 Å². The van der Waals surface area contributed by atoms with Crippen molar-refractivity contribution in [3.05, 3.63) is 83.2 Å². The maximum absolute atomic E-state index is 12.6. The Balaban J connectivity index is 0.000000435. The topological polar surface area (TPSA) is 290 Å². The van der Waals surface area contributed by atoms with Crippen LogP contribution in [0.5, 0.6) is 11.5 Å². The first-order valence-electron chi connectivity index (χ1n) is 21.6. The number of rotatable bonds is 18. The molecule has 18 nitrogen and oxygen atoms in total. The summed E-state index contributed by atoms with van der Waals surface area (Å²) in [7, 11) is 0. The predicted octanol–water partition coefficient (Wildman–Crippen LogP) is 7.83. The van der Waals surface area contributed by atoms with Gasteiger partial charge in [0.25, 0.3) is 0 Å². The molecule has 2 aliphatic carbocycles. The van der Waals surface area contributed by atoms with Crippen LogP contribution in [-0.2, 0) is 22.7 Å². The lowest BCUT2D eigenvalue weighted by Crippen LogP contribution is -2.39. The fraction of sp³-hybridized carbons (Fsp3) is 0.478. The zero-order chi connectivity index (χ0) is 50.4. The molecule has 2 aromatic heterocycles. The van der Waals surface area contributed by atoms with Crippen molar-refractivity contribution in [2.45, 2.75) is 104 Å². The summed E-state index contributed by atoms with van der Waals surface area (Å²) in [6, 6.07) is 16.2. The minimum Gasteiger partial charge on any atom is -0.405 e. The monoisotopic (exact) mass is 1070 g/mol.